The molecule has 2 aromatic rings. The van der Waals surface area contributed by atoms with E-state index in [1.165, 1.54) is 7.11 Å². The Bertz CT molecular complexity index is 1020. The Hall–Kier alpha value is -3.42. The first kappa shape index (κ1) is 21.3. The minimum absolute atomic E-state index is 0.182. The fourth-order valence-electron chi connectivity index (χ4n) is 3.87. The quantitative estimate of drug-likeness (QED) is 0.776. The van der Waals surface area contributed by atoms with Gasteiger partial charge >= 0.3 is 6.09 Å². The van der Waals surface area contributed by atoms with E-state index in [1.54, 1.807) is 40.5 Å². The zero-order chi connectivity index (χ0) is 21.8. The third kappa shape index (κ3) is 3.72. The molecule has 0 radical (unpaired) electrons. The van der Waals surface area contributed by atoms with E-state index in [4.69, 9.17) is 18.9 Å². The number of aryl methyl sites for hydroxylation is 1. The van der Waals surface area contributed by atoms with E-state index in [0.717, 1.165) is 16.7 Å². The molecule has 1 atom stereocenters. The van der Waals surface area contributed by atoms with E-state index >= 15 is 0 Å². The molecule has 0 bridgehead atoms. The van der Waals surface area contributed by atoms with Crippen LogP contribution in [0, 0.1) is 0 Å². The summed E-state index contributed by atoms with van der Waals surface area (Å²) < 4.78 is 21.6. The summed E-state index contributed by atoms with van der Waals surface area (Å²) in [6.07, 6.45) is 0.616. The van der Waals surface area contributed by atoms with Crippen LogP contribution in [0.15, 0.2) is 29.1 Å². The van der Waals surface area contributed by atoms with Crippen LogP contribution in [0.2, 0.25) is 0 Å². The maximum absolute atomic E-state index is 12.7. The zero-order valence-corrected chi connectivity index (χ0v) is 17.8. The van der Waals surface area contributed by atoms with Gasteiger partial charge in [0.15, 0.2) is 11.5 Å². The van der Waals surface area contributed by atoms with Crippen molar-refractivity contribution in [2.45, 2.75) is 18.9 Å². The summed E-state index contributed by atoms with van der Waals surface area (Å²) in [5, 5.41) is 5.76. The molecule has 2 aromatic carbocycles. The van der Waals surface area contributed by atoms with Crippen LogP contribution in [0.5, 0.6) is 17.2 Å². The molecular formula is C22H26N2O6. The summed E-state index contributed by atoms with van der Waals surface area (Å²) in [5.74, 6) is 1.53. The van der Waals surface area contributed by atoms with Gasteiger partial charge in [0.25, 0.3) is 0 Å². The molecule has 0 saturated heterocycles. The molecule has 1 amide bonds. The zero-order valence-electron chi connectivity index (χ0n) is 17.8. The highest BCUT2D eigenvalue weighted by molar-refractivity contribution is 5.83. The lowest BCUT2D eigenvalue weighted by Crippen LogP contribution is -2.28. The van der Waals surface area contributed by atoms with Gasteiger partial charge in [0.1, 0.15) is 0 Å². The molecule has 0 heterocycles. The van der Waals surface area contributed by atoms with Crippen molar-refractivity contribution in [2.24, 2.45) is 0 Å². The lowest BCUT2D eigenvalue weighted by molar-refractivity contribution is 0.166. The Morgan fingerprint density at radius 2 is 1.77 bits per heavy atom. The number of hydrogen-bond acceptors (Lipinski definition) is 7. The van der Waals surface area contributed by atoms with Crippen LogP contribution < -0.4 is 30.3 Å². The first-order chi connectivity index (χ1) is 14.5. The number of amides is 1. The average molecular weight is 414 g/mol. The van der Waals surface area contributed by atoms with Crippen LogP contribution >= 0.6 is 0 Å². The Morgan fingerprint density at radius 1 is 1.03 bits per heavy atom. The summed E-state index contributed by atoms with van der Waals surface area (Å²) >= 11 is 0. The molecule has 2 N–H and O–H groups in total. The number of alkyl carbamates (subject to hydrolysis) is 1. The number of benzene rings is 1. The number of nitrogens with one attached hydrogen (secondary N) is 2. The van der Waals surface area contributed by atoms with Gasteiger partial charge in [-0.25, -0.2) is 4.79 Å². The van der Waals surface area contributed by atoms with Gasteiger partial charge in [-0.1, -0.05) is 6.07 Å². The summed E-state index contributed by atoms with van der Waals surface area (Å²) in [6.45, 7) is 0. The van der Waals surface area contributed by atoms with Crippen molar-refractivity contribution >= 4 is 11.8 Å². The smallest absolute Gasteiger partial charge is 0.407 e. The molecule has 1 aliphatic carbocycles. The monoisotopic (exact) mass is 414 g/mol. The van der Waals surface area contributed by atoms with E-state index in [1.807, 2.05) is 12.1 Å². The highest BCUT2D eigenvalue weighted by Gasteiger charge is 2.29. The van der Waals surface area contributed by atoms with Gasteiger partial charge in [0.05, 0.1) is 40.2 Å². The predicted molar refractivity (Wildman–Crippen MR) is 114 cm³/mol. The van der Waals surface area contributed by atoms with Crippen molar-refractivity contribution in [3.63, 3.8) is 0 Å². The second-order valence-corrected chi connectivity index (χ2v) is 6.78. The van der Waals surface area contributed by atoms with E-state index in [2.05, 4.69) is 10.6 Å². The molecule has 0 unspecified atom stereocenters. The summed E-state index contributed by atoms with van der Waals surface area (Å²) in [4.78, 5) is 24.7. The van der Waals surface area contributed by atoms with Gasteiger partial charge in [-0.2, -0.15) is 0 Å². The van der Waals surface area contributed by atoms with E-state index < -0.39 is 12.1 Å². The van der Waals surface area contributed by atoms with Gasteiger partial charge < -0.3 is 29.6 Å². The predicted octanol–water partition coefficient (Wildman–Crippen LogP) is 3.12. The highest BCUT2D eigenvalue weighted by atomic mass is 16.5. The largest absolute Gasteiger partial charge is 0.493 e. The number of carbonyl (C=O) groups excluding carboxylic acids is 1. The minimum atomic E-state index is -0.563. The molecule has 0 spiro atoms. The van der Waals surface area contributed by atoms with Crippen molar-refractivity contribution in [2.75, 3.05) is 40.8 Å². The van der Waals surface area contributed by atoms with Crippen molar-refractivity contribution in [3.8, 4) is 28.4 Å². The van der Waals surface area contributed by atoms with Gasteiger partial charge in [-0.15, -0.1) is 0 Å². The Labute approximate surface area is 175 Å². The number of anilines is 1. The molecule has 0 fully saturated rings. The van der Waals surface area contributed by atoms with Crippen molar-refractivity contribution in [1.29, 1.82) is 0 Å². The van der Waals surface area contributed by atoms with Crippen LogP contribution in [-0.2, 0) is 11.2 Å². The third-order valence-electron chi connectivity index (χ3n) is 5.29. The van der Waals surface area contributed by atoms with Crippen LogP contribution in [-0.4, -0.2) is 41.6 Å². The Morgan fingerprint density at radius 3 is 2.37 bits per heavy atom. The number of hydrogen-bond donors (Lipinski definition) is 2. The fraction of sp³-hybridized carbons (Fsp3) is 0.364. The summed E-state index contributed by atoms with van der Waals surface area (Å²) in [5.41, 5.74) is 3.47. The number of fused-ring (bicyclic) bond motifs is 3. The maximum Gasteiger partial charge on any atom is 0.407 e. The maximum atomic E-state index is 12.7. The molecular weight excluding hydrogens is 388 g/mol. The topological polar surface area (TPSA) is 95.1 Å². The Balaban J connectivity index is 2.38. The van der Waals surface area contributed by atoms with Gasteiger partial charge in [0, 0.05) is 12.6 Å². The number of carbonyl (C=O) groups is 1. The number of ether oxygens (including phenoxy) is 4. The SMILES string of the molecule is CNc1ccc2c(cc1=O)[C@@H](NC(=O)OC)CCc1cc(OC)c(OC)c(OC)c1-2. The highest BCUT2D eigenvalue weighted by Crippen LogP contribution is 2.50. The average Bonchev–Trinajstić information content (AvgIpc) is 3.00. The molecule has 8 nitrogen and oxygen atoms in total. The number of rotatable bonds is 5. The molecule has 0 saturated carbocycles. The van der Waals surface area contributed by atoms with Gasteiger partial charge in [-0.05, 0) is 47.7 Å². The standard InChI is InChI=1S/C22H26N2O6/c1-23-16-9-7-13-14(11-17(16)25)15(24-22(26)30-5)8-6-12-10-18(27-2)20(28-3)21(29-4)19(12)13/h7,9-11,15H,6,8H2,1-5H3,(H,23,25)(H,24,26)/t15-/m0/s1. The first-order valence-electron chi connectivity index (χ1n) is 9.51. The van der Waals surface area contributed by atoms with Crippen molar-refractivity contribution < 1.29 is 23.7 Å². The van der Waals surface area contributed by atoms with Gasteiger partial charge in [-0.3, -0.25) is 4.79 Å². The minimum Gasteiger partial charge on any atom is -0.493 e. The summed E-state index contributed by atoms with van der Waals surface area (Å²) in [6, 6.07) is 6.61. The van der Waals surface area contributed by atoms with Crippen LogP contribution in [0.4, 0.5) is 10.5 Å². The third-order valence-corrected chi connectivity index (χ3v) is 5.29. The molecule has 8 heteroatoms. The second kappa shape index (κ2) is 8.94. The van der Waals surface area contributed by atoms with Crippen LogP contribution in [0.1, 0.15) is 23.6 Å². The first-order valence-corrected chi connectivity index (χ1v) is 9.51. The van der Waals surface area contributed by atoms with E-state index in [0.29, 0.717) is 41.3 Å². The Kier molecular flexibility index (Phi) is 6.34. The van der Waals surface area contributed by atoms with E-state index in [9.17, 15) is 9.59 Å². The van der Waals surface area contributed by atoms with Gasteiger partial charge in [0.2, 0.25) is 11.2 Å². The molecule has 0 aromatic heterocycles. The molecule has 30 heavy (non-hydrogen) atoms. The van der Waals surface area contributed by atoms with Crippen LogP contribution in [0.3, 0.4) is 0 Å². The van der Waals surface area contributed by atoms with Crippen molar-refractivity contribution in [1.82, 2.24) is 5.32 Å². The normalized spacial score (nSPS) is 14.5. The molecule has 1 aliphatic rings. The lowest BCUT2D eigenvalue weighted by Gasteiger charge is -2.19. The summed E-state index contributed by atoms with van der Waals surface area (Å²) in [7, 11) is 7.68. The molecule has 0 aliphatic heterocycles. The van der Waals surface area contributed by atoms with Crippen molar-refractivity contribution in [3.05, 3.63) is 45.6 Å². The lowest BCUT2D eigenvalue weighted by atomic mass is 9.95. The number of methoxy groups -OCH3 is 4. The molecule has 3 rings (SSSR count). The van der Waals surface area contributed by atoms with E-state index in [-0.39, 0.29) is 5.43 Å². The molecule has 160 valence electrons. The fourth-order valence-corrected chi connectivity index (χ4v) is 3.87. The van der Waals surface area contributed by atoms with Crippen LogP contribution in [0.25, 0.3) is 11.1 Å². The second-order valence-electron chi connectivity index (χ2n) is 6.78.